The van der Waals surface area contributed by atoms with Gasteiger partial charge in [0.15, 0.2) is 0 Å². The fraction of sp³-hybridized carbons (Fsp3) is 0.182. The Morgan fingerprint density at radius 2 is 2.25 bits per heavy atom. The molecule has 3 N–H and O–H groups in total. The molecule has 3 nitrogen and oxygen atoms in total. The molecule has 2 aromatic rings. The fourth-order valence-corrected chi connectivity index (χ4v) is 2.72. The van der Waals surface area contributed by atoms with Crippen LogP contribution in [0.1, 0.15) is 22.2 Å². The van der Waals surface area contributed by atoms with Crippen molar-refractivity contribution < 1.29 is 0 Å². The van der Waals surface area contributed by atoms with Gasteiger partial charge in [-0.15, -0.1) is 11.3 Å². The number of nitrogens with one attached hydrogen (secondary N) is 1. The van der Waals surface area contributed by atoms with Crippen molar-refractivity contribution in [2.45, 2.75) is 13.0 Å². The van der Waals surface area contributed by atoms with Crippen molar-refractivity contribution in [1.29, 1.82) is 0 Å². The third-order valence-electron chi connectivity index (χ3n) is 2.30. The van der Waals surface area contributed by atoms with Crippen molar-refractivity contribution in [2.24, 2.45) is 5.84 Å². The Morgan fingerprint density at radius 3 is 2.81 bits per heavy atom. The Labute approximate surface area is 103 Å². The van der Waals surface area contributed by atoms with E-state index in [4.69, 9.17) is 17.4 Å². The third kappa shape index (κ3) is 2.41. The number of hydrogen-bond donors (Lipinski definition) is 2. The minimum atomic E-state index is -0.0285. The van der Waals surface area contributed by atoms with E-state index in [0.717, 1.165) is 20.5 Å². The van der Waals surface area contributed by atoms with Crippen LogP contribution in [0.15, 0.2) is 30.5 Å². The highest BCUT2D eigenvalue weighted by Gasteiger charge is 2.14. The minimum Gasteiger partial charge on any atom is -0.271 e. The molecule has 0 saturated heterocycles. The van der Waals surface area contributed by atoms with E-state index < -0.39 is 0 Å². The molecule has 5 heteroatoms. The maximum atomic E-state index is 5.92. The van der Waals surface area contributed by atoms with E-state index in [0.29, 0.717) is 0 Å². The molecule has 0 aliphatic carbocycles. The zero-order chi connectivity index (χ0) is 11.5. The Balaban J connectivity index is 2.36. The first-order valence-corrected chi connectivity index (χ1v) is 6.04. The van der Waals surface area contributed by atoms with E-state index in [1.54, 1.807) is 6.20 Å². The number of thiophene rings is 1. The van der Waals surface area contributed by atoms with E-state index in [1.807, 2.05) is 31.2 Å². The van der Waals surface area contributed by atoms with Gasteiger partial charge in [0.1, 0.15) is 0 Å². The van der Waals surface area contributed by atoms with E-state index in [1.165, 1.54) is 11.3 Å². The lowest BCUT2D eigenvalue weighted by molar-refractivity contribution is 0.645. The van der Waals surface area contributed by atoms with Gasteiger partial charge < -0.3 is 0 Å². The predicted molar refractivity (Wildman–Crippen MR) is 67.5 cm³/mol. The largest absolute Gasteiger partial charge is 0.271 e. The smallest absolute Gasteiger partial charge is 0.0931 e. The summed E-state index contributed by atoms with van der Waals surface area (Å²) in [6, 6.07) is 7.79. The van der Waals surface area contributed by atoms with Crippen LogP contribution in [0.3, 0.4) is 0 Å². The topological polar surface area (TPSA) is 50.9 Å². The van der Waals surface area contributed by atoms with Gasteiger partial charge in [-0.05, 0) is 36.8 Å². The van der Waals surface area contributed by atoms with E-state index in [9.17, 15) is 0 Å². The molecule has 1 atom stereocenters. The van der Waals surface area contributed by atoms with Gasteiger partial charge in [0.2, 0.25) is 0 Å². The molecular weight excluding hydrogens is 242 g/mol. The Bertz CT molecular complexity index is 484. The monoisotopic (exact) mass is 253 g/mol. The molecule has 0 aliphatic heterocycles. The molecule has 84 valence electrons. The second-order valence-electron chi connectivity index (χ2n) is 3.47. The molecule has 0 saturated carbocycles. The zero-order valence-corrected chi connectivity index (χ0v) is 10.3. The maximum Gasteiger partial charge on any atom is 0.0931 e. The van der Waals surface area contributed by atoms with Gasteiger partial charge in [-0.2, -0.15) is 0 Å². The van der Waals surface area contributed by atoms with Gasteiger partial charge >= 0.3 is 0 Å². The average molecular weight is 254 g/mol. The van der Waals surface area contributed by atoms with Crippen LogP contribution in [0.2, 0.25) is 4.34 Å². The average Bonchev–Trinajstić information content (AvgIpc) is 2.66. The van der Waals surface area contributed by atoms with Crippen LogP contribution < -0.4 is 11.3 Å². The highest BCUT2D eigenvalue weighted by atomic mass is 35.5. The molecule has 0 aromatic carbocycles. The van der Waals surface area contributed by atoms with Crippen molar-refractivity contribution >= 4 is 22.9 Å². The fourth-order valence-electron chi connectivity index (χ4n) is 1.57. The number of rotatable bonds is 3. The summed E-state index contributed by atoms with van der Waals surface area (Å²) in [7, 11) is 0. The lowest BCUT2D eigenvalue weighted by Gasteiger charge is -2.14. The van der Waals surface area contributed by atoms with Crippen LogP contribution in [0.25, 0.3) is 0 Å². The van der Waals surface area contributed by atoms with E-state index >= 15 is 0 Å². The van der Waals surface area contributed by atoms with Crippen LogP contribution in [0, 0.1) is 6.92 Å². The van der Waals surface area contributed by atoms with Gasteiger partial charge in [0, 0.05) is 16.8 Å². The summed E-state index contributed by atoms with van der Waals surface area (Å²) in [4.78, 5) is 5.26. The molecule has 0 spiro atoms. The molecule has 0 fully saturated rings. The number of pyridine rings is 1. The van der Waals surface area contributed by atoms with Crippen LogP contribution in [0.5, 0.6) is 0 Å². The molecule has 0 radical (unpaired) electrons. The Hall–Kier alpha value is -0.940. The SMILES string of the molecule is Cc1cc(C(NN)c2ccc(Cl)s2)ccn1. The number of hydrazine groups is 1. The molecule has 2 rings (SSSR count). The van der Waals surface area contributed by atoms with Gasteiger partial charge in [-0.3, -0.25) is 10.8 Å². The second kappa shape index (κ2) is 4.93. The van der Waals surface area contributed by atoms with E-state index in [-0.39, 0.29) is 6.04 Å². The number of nitrogens with zero attached hydrogens (tertiary/aromatic N) is 1. The van der Waals surface area contributed by atoms with Crippen molar-refractivity contribution in [2.75, 3.05) is 0 Å². The molecule has 0 bridgehead atoms. The number of halogens is 1. The summed E-state index contributed by atoms with van der Waals surface area (Å²) in [6.45, 7) is 1.96. The molecule has 2 heterocycles. The Kier molecular flexibility index (Phi) is 3.56. The van der Waals surface area contributed by atoms with Gasteiger partial charge in [0.25, 0.3) is 0 Å². The zero-order valence-electron chi connectivity index (χ0n) is 8.77. The van der Waals surface area contributed by atoms with Crippen molar-refractivity contribution in [1.82, 2.24) is 10.4 Å². The van der Waals surface area contributed by atoms with E-state index in [2.05, 4.69) is 10.4 Å². The van der Waals surface area contributed by atoms with Crippen molar-refractivity contribution in [3.05, 3.63) is 50.9 Å². The maximum absolute atomic E-state index is 5.92. The molecule has 0 aliphatic rings. The molecule has 2 aromatic heterocycles. The lowest BCUT2D eigenvalue weighted by Crippen LogP contribution is -2.28. The quantitative estimate of drug-likeness (QED) is 0.653. The molecule has 16 heavy (non-hydrogen) atoms. The summed E-state index contributed by atoms with van der Waals surface area (Å²) in [5, 5.41) is 0. The number of hydrogen-bond acceptors (Lipinski definition) is 4. The highest BCUT2D eigenvalue weighted by Crippen LogP contribution is 2.30. The summed E-state index contributed by atoms with van der Waals surface area (Å²) < 4.78 is 0.765. The summed E-state index contributed by atoms with van der Waals surface area (Å²) in [5.41, 5.74) is 4.86. The summed E-state index contributed by atoms with van der Waals surface area (Å²) in [5.74, 6) is 5.59. The van der Waals surface area contributed by atoms with Gasteiger partial charge in [-0.1, -0.05) is 11.6 Å². The number of aromatic nitrogens is 1. The Morgan fingerprint density at radius 1 is 1.44 bits per heavy atom. The first-order chi connectivity index (χ1) is 7.70. The first kappa shape index (κ1) is 11.5. The standard InChI is InChI=1S/C11H12ClN3S/c1-7-6-8(4-5-14-7)11(15-13)9-2-3-10(12)16-9/h2-6,11,15H,13H2,1H3. The van der Waals surface area contributed by atoms with Gasteiger partial charge in [-0.25, -0.2) is 5.43 Å². The van der Waals surface area contributed by atoms with Crippen LogP contribution in [-0.4, -0.2) is 4.98 Å². The predicted octanol–water partition coefficient (Wildman–Crippen LogP) is 2.66. The minimum absolute atomic E-state index is 0.0285. The summed E-state index contributed by atoms with van der Waals surface area (Å²) >= 11 is 7.44. The van der Waals surface area contributed by atoms with Crippen molar-refractivity contribution in [3.8, 4) is 0 Å². The highest BCUT2D eigenvalue weighted by molar-refractivity contribution is 7.16. The molecule has 0 amide bonds. The molecule has 1 unspecified atom stereocenters. The normalized spacial score (nSPS) is 12.7. The van der Waals surface area contributed by atoms with Crippen LogP contribution >= 0.6 is 22.9 Å². The van der Waals surface area contributed by atoms with Gasteiger partial charge in [0.05, 0.1) is 10.4 Å². The number of aryl methyl sites for hydroxylation is 1. The second-order valence-corrected chi connectivity index (χ2v) is 5.22. The van der Waals surface area contributed by atoms with Crippen molar-refractivity contribution in [3.63, 3.8) is 0 Å². The lowest BCUT2D eigenvalue weighted by atomic mass is 10.1. The third-order valence-corrected chi connectivity index (χ3v) is 3.60. The van der Waals surface area contributed by atoms with Crippen LogP contribution in [0.4, 0.5) is 0 Å². The number of nitrogens with two attached hydrogens (primary N) is 1. The van der Waals surface area contributed by atoms with Crippen LogP contribution in [-0.2, 0) is 0 Å². The molecular formula is C11H12ClN3S. The first-order valence-electron chi connectivity index (χ1n) is 4.84. The summed E-state index contributed by atoms with van der Waals surface area (Å²) in [6.07, 6.45) is 1.78.